The van der Waals surface area contributed by atoms with Gasteiger partial charge < -0.3 is 4.42 Å². The van der Waals surface area contributed by atoms with Gasteiger partial charge in [-0.05, 0) is 24.3 Å². The van der Waals surface area contributed by atoms with Crippen molar-refractivity contribution in [3.05, 3.63) is 51.6 Å². The largest absolute Gasteiger partial charge is 0.464 e. The van der Waals surface area contributed by atoms with Gasteiger partial charge in [0.1, 0.15) is 16.4 Å². The number of furan rings is 1. The highest BCUT2D eigenvalue weighted by Gasteiger charge is 2.15. The summed E-state index contributed by atoms with van der Waals surface area (Å²) in [5.74, 6) is 0.489. The molecule has 0 radical (unpaired) electrons. The van der Waals surface area contributed by atoms with Gasteiger partial charge in [0.25, 0.3) is 5.69 Å². The molecule has 2 N–H and O–H groups in total. The summed E-state index contributed by atoms with van der Waals surface area (Å²) < 4.78 is 5.15. The Balaban J connectivity index is 2.36. The molecule has 0 amide bonds. The van der Waals surface area contributed by atoms with Crippen LogP contribution in [0.2, 0.25) is 0 Å². The highest BCUT2D eigenvalue weighted by atomic mass is 16.7. The minimum atomic E-state index is -0.604. The average Bonchev–Trinajstić information content (AvgIpc) is 2.92. The number of aliphatic imine (C=N–C) groups is 1. The number of hydrazine groups is 1. The molecule has 0 aliphatic heterocycles. The molecule has 1 aromatic carbocycles. The first-order valence-electron chi connectivity index (χ1n) is 5.35. The normalized spacial score (nSPS) is 10.6. The Morgan fingerprint density at radius 1 is 1.35 bits per heavy atom. The number of rotatable bonds is 5. The number of nitro benzene ring substituents is 1. The van der Waals surface area contributed by atoms with Crippen LogP contribution in [0.4, 0.5) is 11.4 Å². The van der Waals surface area contributed by atoms with Gasteiger partial charge in [0.2, 0.25) is 0 Å². The number of benzene rings is 1. The molecule has 0 saturated heterocycles. The van der Waals surface area contributed by atoms with Gasteiger partial charge in [-0.15, -0.1) is 0 Å². The maximum Gasteiger partial charge on any atom is 0.360 e. The first kappa shape index (κ1) is 13.2. The van der Waals surface area contributed by atoms with Crippen LogP contribution >= 0.6 is 0 Å². The second-order valence-electron chi connectivity index (χ2n) is 3.60. The molecule has 0 fully saturated rings. The van der Waals surface area contributed by atoms with Gasteiger partial charge in [-0.2, -0.15) is 0 Å². The molecule has 102 valence electrons. The van der Waals surface area contributed by atoms with Crippen LogP contribution in [0.15, 0.2) is 46.0 Å². The summed E-state index contributed by atoms with van der Waals surface area (Å²) in [7, 11) is 0. The van der Waals surface area contributed by atoms with E-state index in [0.29, 0.717) is 11.3 Å². The van der Waals surface area contributed by atoms with Crippen LogP contribution in [0, 0.1) is 15.0 Å². The van der Waals surface area contributed by atoms with Crippen molar-refractivity contribution < 1.29 is 19.6 Å². The Bertz CT molecular complexity index is 665. The molecule has 2 aromatic rings. The molecule has 9 heteroatoms. The molecule has 0 atom stereocenters. The first-order valence-corrected chi connectivity index (χ1v) is 5.35. The van der Waals surface area contributed by atoms with Crippen molar-refractivity contribution >= 4 is 17.7 Å². The minimum Gasteiger partial charge on any atom is -0.464 e. The lowest BCUT2D eigenvalue weighted by atomic mass is 10.1. The van der Waals surface area contributed by atoms with Crippen LogP contribution < -0.4 is 5.43 Å². The standard InChI is InChI=1S/C11H9N4O5/c16-14(17)10-6-8(11-2-1-5-20-11)3-4-9(10)12-7-13-15(18)19/h1-7H,(H,12,13)(H,18,19)/q+1. The number of nitro groups is 1. The third-order valence-electron chi connectivity index (χ3n) is 2.35. The predicted molar refractivity (Wildman–Crippen MR) is 67.5 cm³/mol. The van der Waals surface area contributed by atoms with Gasteiger partial charge in [0, 0.05) is 11.6 Å². The number of nitrogens with one attached hydrogen (secondary N) is 1. The molecule has 20 heavy (non-hydrogen) atoms. The van der Waals surface area contributed by atoms with Crippen molar-refractivity contribution in [3.8, 4) is 11.3 Å². The number of nitrogens with zero attached hydrogens (tertiary/aromatic N) is 3. The quantitative estimate of drug-likeness (QED) is 0.374. The van der Waals surface area contributed by atoms with E-state index < -0.39 is 9.96 Å². The Labute approximate surface area is 111 Å². The SMILES string of the molecule is O=[N+](O)NC=Nc1ccc(-c2ccco2)cc1[N+](=O)[O-]. The van der Waals surface area contributed by atoms with E-state index in [1.54, 1.807) is 23.6 Å². The smallest absolute Gasteiger partial charge is 0.360 e. The fraction of sp³-hybridized carbons (Fsp3) is 0. The van der Waals surface area contributed by atoms with Gasteiger partial charge in [-0.3, -0.25) is 10.1 Å². The predicted octanol–water partition coefficient (Wildman–Crippen LogP) is 2.19. The van der Waals surface area contributed by atoms with Crippen molar-refractivity contribution in [3.63, 3.8) is 0 Å². The van der Waals surface area contributed by atoms with Gasteiger partial charge in [0.05, 0.1) is 11.2 Å². The highest BCUT2D eigenvalue weighted by molar-refractivity contribution is 5.72. The molecule has 0 bridgehead atoms. The fourth-order valence-electron chi connectivity index (χ4n) is 1.52. The Kier molecular flexibility index (Phi) is 3.70. The van der Waals surface area contributed by atoms with E-state index in [4.69, 9.17) is 9.62 Å². The summed E-state index contributed by atoms with van der Waals surface area (Å²) in [6.45, 7) is 0. The summed E-state index contributed by atoms with van der Waals surface area (Å²) in [6, 6.07) is 7.64. The topological polar surface area (TPSA) is 121 Å². The zero-order chi connectivity index (χ0) is 14.5. The van der Waals surface area contributed by atoms with Gasteiger partial charge >= 0.3 is 5.03 Å². The van der Waals surface area contributed by atoms with E-state index in [9.17, 15) is 15.0 Å². The van der Waals surface area contributed by atoms with Gasteiger partial charge in [0.15, 0.2) is 6.34 Å². The van der Waals surface area contributed by atoms with Crippen LogP contribution in [0.5, 0.6) is 0 Å². The molecule has 0 saturated carbocycles. The van der Waals surface area contributed by atoms with E-state index in [1.807, 2.05) is 0 Å². The molecule has 0 unspecified atom stereocenters. The number of hydrogen-bond donors (Lipinski definition) is 2. The third-order valence-corrected chi connectivity index (χ3v) is 2.35. The molecular weight excluding hydrogens is 268 g/mol. The minimum absolute atomic E-state index is 0.0275. The summed E-state index contributed by atoms with van der Waals surface area (Å²) >= 11 is 0. The molecule has 1 heterocycles. The van der Waals surface area contributed by atoms with Gasteiger partial charge in [-0.1, -0.05) is 5.43 Å². The lowest BCUT2D eigenvalue weighted by molar-refractivity contribution is -0.821. The van der Waals surface area contributed by atoms with E-state index in [1.165, 1.54) is 18.4 Å². The molecule has 0 spiro atoms. The second-order valence-corrected chi connectivity index (χ2v) is 3.60. The maximum absolute atomic E-state index is 11.0. The Hall–Kier alpha value is -3.23. The van der Waals surface area contributed by atoms with Crippen LogP contribution in [-0.4, -0.2) is 21.5 Å². The van der Waals surface area contributed by atoms with Crippen LogP contribution in [0.25, 0.3) is 11.3 Å². The van der Waals surface area contributed by atoms with Crippen molar-refractivity contribution in [2.75, 3.05) is 0 Å². The Morgan fingerprint density at radius 2 is 2.15 bits per heavy atom. The highest BCUT2D eigenvalue weighted by Crippen LogP contribution is 2.32. The fourth-order valence-corrected chi connectivity index (χ4v) is 1.52. The average molecular weight is 277 g/mol. The van der Waals surface area contributed by atoms with Crippen LogP contribution in [0.3, 0.4) is 0 Å². The molecular formula is C11H9N4O5+. The van der Waals surface area contributed by atoms with Gasteiger partial charge in [-0.25, -0.2) is 10.2 Å². The van der Waals surface area contributed by atoms with Crippen molar-refractivity contribution in [1.29, 1.82) is 0 Å². The van der Waals surface area contributed by atoms with E-state index in [-0.39, 0.29) is 11.4 Å². The van der Waals surface area contributed by atoms with E-state index in [0.717, 1.165) is 6.34 Å². The molecule has 0 aliphatic carbocycles. The molecule has 9 nitrogen and oxygen atoms in total. The van der Waals surface area contributed by atoms with Crippen molar-refractivity contribution in [1.82, 2.24) is 5.43 Å². The van der Waals surface area contributed by atoms with Crippen LogP contribution in [-0.2, 0) is 0 Å². The summed E-state index contributed by atoms with van der Waals surface area (Å²) in [6.07, 6.45) is 2.29. The third kappa shape index (κ3) is 2.96. The number of hydrogen-bond acceptors (Lipinski definition) is 5. The molecule has 0 aliphatic rings. The summed E-state index contributed by atoms with van der Waals surface area (Å²) in [5, 5.41) is 18.7. The van der Waals surface area contributed by atoms with Crippen molar-refractivity contribution in [2.24, 2.45) is 4.99 Å². The zero-order valence-corrected chi connectivity index (χ0v) is 9.96. The lowest BCUT2D eigenvalue weighted by Gasteiger charge is -2.00. The lowest BCUT2D eigenvalue weighted by Crippen LogP contribution is -2.20. The maximum atomic E-state index is 11.0. The van der Waals surface area contributed by atoms with Crippen LogP contribution in [0.1, 0.15) is 0 Å². The molecule has 2 rings (SSSR count). The Morgan fingerprint density at radius 3 is 2.75 bits per heavy atom. The summed E-state index contributed by atoms with van der Waals surface area (Å²) in [5.41, 5.74) is 2.10. The van der Waals surface area contributed by atoms with E-state index in [2.05, 4.69) is 4.99 Å². The zero-order valence-electron chi connectivity index (χ0n) is 9.96. The second kappa shape index (κ2) is 5.61. The monoisotopic (exact) mass is 277 g/mol. The molecule has 1 aromatic heterocycles. The van der Waals surface area contributed by atoms with Crippen molar-refractivity contribution in [2.45, 2.75) is 0 Å². The van der Waals surface area contributed by atoms with E-state index >= 15 is 0 Å². The summed E-state index contributed by atoms with van der Waals surface area (Å²) in [4.78, 5) is 24.3. The first-order chi connectivity index (χ1) is 9.58.